The quantitative estimate of drug-likeness (QED) is 0.763. The molecule has 3 rings (SSSR count). The van der Waals surface area contributed by atoms with E-state index in [2.05, 4.69) is 16.5 Å². The molecular weight excluding hydrogens is 353 g/mol. The van der Waals surface area contributed by atoms with Gasteiger partial charge < -0.3 is 10.3 Å². The number of primary amides is 1. The van der Waals surface area contributed by atoms with E-state index in [-0.39, 0.29) is 17.9 Å². The van der Waals surface area contributed by atoms with Crippen LogP contribution in [0.5, 0.6) is 0 Å². The van der Waals surface area contributed by atoms with Gasteiger partial charge >= 0.3 is 0 Å². The summed E-state index contributed by atoms with van der Waals surface area (Å²) in [5, 5.41) is 0.731. The highest BCUT2D eigenvalue weighted by atomic mass is 35.5. The molecule has 0 aromatic carbocycles. The van der Waals surface area contributed by atoms with Crippen molar-refractivity contribution in [3.05, 3.63) is 34.9 Å². The van der Waals surface area contributed by atoms with Crippen molar-refractivity contribution in [2.45, 2.75) is 70.5 Å². The van der Waals surface area contributed by atoms with Crippen molar-refractivity contribution in [3.8, 4) is 0 Å². The number of nitrogens with zero attached hydrogens (tertiary/aromatic N) is 2. The molecule has 0 radical (unpaired) electrons. The second-order valence-electron chi connectivity index (χ2n) is 7.68. The molecule has 0 spiro atoms. The fraction of sp³-hybridized carbons (Fsp3) is 0.600. The summed E-state index contributed by atoms with van der Waals surface area (Å²) in [6, 6.07) is 0.0344. The van der Waals surface area contributed by atoms with Crippen molar-refractivity contribution in [3.63, 3.8) is 0 Å². The number of carbonyl (C=O) groups is 1. The number of rotatable bonds is 6. The Morgan fingerprint density at radius 1 is 1.50 bits per heavy atom. The number of halogens is 2. The molecule has 1 aromatic rings. The van der Waals surface area contributed by atoms with Gasteiger partial charge in [-0.3, -0.25) is 4.79 Å². The van der Waals surface area contributed by atoms with Crippen LogP contribution in [0.4, 0.5) is 4.39 Å². The largest absolute Gasteiger partial charge is 0.370 e. The number of aromatic nitrogens is 2. The maximum Gasteiger partial charge on any atom is 0.217 e. The van der Waals surface area contributed by atoms with E-state index in [0.717, 1.165) is 34.7 Å². The van der Waals surface area contributed by atoms with Crippen molar-refractivity contribution in [2.24, 2.45) is 11.7 Å². The molecular formula is C20H27ClFN3O. The Kier molecular flexibility index (Phi) is 5.56. The van der Waals surface area contributed by atoms with Gasteiger partial charge in [-0.2, -0.15) is 0 Å². The normalized spacial score (nSPS) is 29.2. The molecule has 2 N–H and O–H groups in total. The molecule has 2 heterocycles. The van der Waals surface area contributed by atoms with Crippen LogP contribution >= 0.6 is 11.6 Å². The van der Waals surface area contributed by atoms with Crippen molar-refractivity contribution in [1.82, 2.24) is 9.55 Å². The van der Waals surface area contributed by atoms with Gasteiger partial charge in [0.1, 0.15) is 5.67 Å². The Bertz CT molecular complexity index is 744. The number of allylic oxidation sites excluding steroid dienone is 4. The van der Waals surface area contributed by atoms with Gasteiger partial charge in [-0.25, -0.2) is 9.37 Å². The van der Waals surface area contributed by atoms with Gasteiger partial charge in [-0.15, -0.1) is 0 Å². The first-order valence-electron chi connectivity index (χ1n) is 9.37. The molecule has 4 nitrogen and oxygen atoms in total. The first-order valence-corrected chi connectivity index (χ1v) is 9.75. The van der Waals surface area contributed by atoms with Gasteiger partial charge in [0.2, 0.25) is 5.91 Å². The highest BCUT2D eigenvalue weighted by Crippen LogP contribution is 2.46. The average Bonchev–Trinajstić information content (AvgIpc) is 3.17. The lowest BCUT2D eigenvalue weighted by atomic mass is 9.76. The molecule has 0 bridgehead atoms. The topological polar surface area (TPSA) is 60.9 Å². The van der Waals surface area contributed by atoms with Gasteiger partial charge in [0.05, 0.1) is 24.3 Å². The van der Waals surface area contributed by atoms with Crippen molar-refractivity contribution in [1.29, 1.82) is 0 Å². The van der Waals surface area contributed by atoms with Gasteiger partial charge in [0.15, 0.2) is 0 Å². The SMILES string of the molecule is C/C=C(/Cl)C1=C(C)c2cncn2C1CCC1(F)CCC(CC(N)=O)CC1. The summed E-state index contributed by atoms with van der Waals surface area (Å²) in [5.74, 6) is -0.0514. The second-order valence-corrected chi connectivity index (χ2v) is 8.09. The van der Waals surface area contributed by atoms with E-state index in [0.29, 0.717) is 32.1 Å². The van der Waals surface area contributed by atoms with E-state index in [4.69, 9.17) is 17.3 Å². The van der Waals surface area contributed by atoms with E-state index < -0.39 is 5.67 Å². The van der Waals surface area contributed by atoms with Crippen LogP contribution in [0, 0.1) is 5.92 Å². The number of fused-ring (bicyclic) bond motifs is 1. The Morgan fingerprint density at radius 2 is 2.19 bits per heavy atom. The van der Waals surface area contributed by atoms with E-state index in [1.807, 2.05) is 25.5 Å². The number of alkyl halides is 1. The zero-order valence-corrected chi connectivity index (χ0v) is 16.2. The summed E-state index contributed by atoms with van der Waals surface area (Å²) in [6.45, 7) is 3.97. The Balaban J connectivity index is 1.68. The average molecular weight is 380 g/mol. The van der Waals surface area contributed by atoms with Gasteiger partial charge in [0, 0.05) is 11.5 Å². The van der Waals surface area contributed by atoms with Crippen LogP contribution in [0.25, 0.3) is 5.57 Å². The number of hydrogen-bond acceptors (Lipinski definition) is 2. The van der Waals surface area contributed by atoms with Crippen LogP contribution in [-0.4, -0.2) is 21.1 Å². The van der Waals surface area contributed by atoms with Crippen LogP contribution in [0.15, 0.2) is 29.2 Å². The highest BCUT2D eigenvalue weighted by Gasteiger charge is 2.38. The van der Waals surface area contributed by atoms with Gasteiger partial charge in [0.25, 0.3) is 0 Å². The van der Waals surface area contributed by atoms with Crippen molar-refractivity contribution >= 4 is 23.1 Å². The minimum absolute atomic E-state index is 0.0344. The molecule has 142 valence electrons. The fourth-order valence-electron chi connectivity index (χ4n) is 4.48. The molecule has 1 amide bonds. The Morgan fingerprint density at radius 3 is 2.81 bits per heavy atom. The Labute approximate surface area is 159 Å². The van der Waals surface area contributed by atoms with Gasteiger partial charge in [-0.05, 0) is 69.4 Å². The summed E-state index contributed by atoms with van der Waals surface area (Å²) in [6.07, 6.45) is 9.58. The number of carbonyl (C=O) groups excluding carboxylic acids is 1. The van der Waals surface area contributed by atoms with Gasteiger partial charge in [-0.1, -0.05) is 17.7 Å². The molecule has 1 fully saturated rings. The lowest BCUT2D eigenvalue weighted by Crippen LogP contribution is -2.32. The smallest absolute Gasteiger partial charge is 0.217 e. The Hall–Kier alpha value is -1.62. The zero-order chi connectivity index (χ0) is 18.9. The lowest BCUT2D eigenvalue weighted by Gasteiger charge is -2.34. The summed E-state index contributed by atoms with van der Waals surface area (Å²) >= 11 is 6.46. The monoisotopic (exact) mass is 379 g/mol. The third-order valence-electron chi connectivity index (χ3n) is 5.99. The third kappa shape index (κ3) is 3.73. The summed E-state index contributed by atoms with van der Waals surface area (Å²) in [4.78, 5) is 15.3. The minimum atomic E-state index is -1.17. The number of hydrogen-bond donors (Lipinski definition) is 1. The fourth-order valence-corrected chi connectivity index (χ4v) is 4.74. The number of imidazole rings is 1. The summed E-state index contributed by atoms with van der Waals surface area (Å²) < 4.78 is 17.5. The summed E-state index contributed by atoms with van der Waals surface area (Å²) in [7, 11) is 0. The first-order chi connectivity index (χ1) is 12.3. The highest BCUT2D eigenvalue weighted by molar-refractivity contribution is 6.32. The minimum Gasteiger partial charge on any atom is -0.370 e. The molecule has 1 atom stereocenters. The maximum absolute atomic E-state index is 15.3. The third-order valence-corrected chi connectivity index (χ3v) is 6.41. The van der Waals surface area contributed by atoms with Crippen LogP contribution in [0.3, 0.4) is 0 Å². The van der Waals surface area contributed by atoms with E-state index in [1.165, 1.54) is 0 Å². The zero-order valence-electron chi connectivity index (χ0n) is 15.5. The lowest BCUT2D eigenvalue weighted by molar-refractivity contribution is -0.119. The van der Waals surface area contributed by atoms with Crippen LogP contribution < -0.4 is 5.73 Å². The maximum atomic E-state index is 15.3. The molecule has 26 heavy (non-hydrogen) atoms. The van der Waals surface area contributed by atoms with Crippen LogP contribution in [0.1, 0.15) is 70.5 Å². The van der Waals surface area contributed by atoms with E-state index in [9.17, 15) is 4.79 Å². The predicted octanol–water partition coefficient (Wildman–Crippen LogP) is 4.91. The molecule has 1 saturated carbocycles. The van der Waals surface area contributed by atoms with Crippen LogP contribution in [0.2, 0.25) is 0 Å². The molecule has 1 aliphatic carbocycles. The molecule has 1 unspecified atom stereocenters. The molecule has 1 aliphatic heterocycles. The molecule has 0 saturated heterocycles. The van der Waals surface area contributed by atoms with Crippen LogP contribution in [-0.2, 0) is 4.79 Å². The van der Waals surface area contributed by atoms with Crippen molar-refractivity contribution < 1.29 is 9.18 Å². The standard InChI is InChI=1S/C20H27ClFN3O/c1-3-15(21)19-13(2)17-11-24-12-25(17)16(19)6-9-20(22)7-4-14(5-8-20)10-18(23)26/h3,11-12,14,16H,4-10H2,1-2H3,(H2,23,26)/b15-3+. The van der Waals surface area contributed by atoms with Crippen molar-refractivity contribution in [2.75, 3.05) is 0 Å². The second kappa shape index (κ2) is 7.55. The van der Waals surface area contributed by atoms with E-state index in [1.54, 1.807) is 0 Å². The molecule has 2 aliphatic rings. The number of amides is 1. The first kappa shape index (κ1) is 19.2. The molecule has 6 heteroatoms. The van der Waals surface area contributed by atoms with E-state index >= 15 is 4.39 Å². The summed E-state index contributed by atoms with van der Waals surface area (Å²) in [5.41, 5.74) is 7.36. The predicted molar refractivity (Wildman–Crippen MR) is 102 cm³/mol. The molecule has 1 aromatic heterocycles. The number of nitrogens with two attached hydrogens (primary N) is 1.